The van der Waals surface area contributed by atoms with E-state index < -0.39 is 24.1 Å². The summed E-state index contributed by atoms with van der Waals surface area (Å²) in [6, 6.07) is 6.31. The molecule has 4 nitrogen and oxygen atoms in total. The van der Waals surface area contributed by atoms with Gasteiger partial charge in [-0.05, 0) is 37.3 Å². The molecule has 1 amide bonds. The summed E-state index contributed by atoms with van der Waals surface area (Å²) in [5, 5.41) is 0. The Morgan fingerprint density at radius 2 is 1.83 bits per heavy atom. The molecule has 0 aromatic heterocycles. The minimum Gasteiger partial charge on any atom is -0.464 e. The molecule has 2 rings (SSSR count). The first-order valence-corrected chi connectivity index (χ1v) is 10.6. The van der Waals surface area contributed by atoms with Crippen molar-refractivity contribution in [3.05, 3.63) is 41.5 Å². The van der Waals surface area contributed by atoms with Crippen LogP contribution in [-0.2, 0) is 14.3 Å². The molecular weight excluding hydrogens is 395 g/mol. The molecule has 1 aliphatic rings. The van der Waals surface area contributed by atoms with Crippen molar-refractivity contribution >= 4 is 18.0 Å². The highest BCUT2D eigenvalue weighted by atomic mass is 19.4. The van der Waals surface area contributed by atoms with Crippen LogP contribution in [-0.4, -0.2) is 42.1 Å². The van der Waals surface area contributed by atoms with Crippen LogP contribution in [0.25, 0.3) is 6.08 Å². The summed E-state index contributed by atoms with van der Waals surface area (Å²) in [5.41, 5.74) is 1.82. The number of hydrogen-bond donors (Lipinski definition) is 0. The van der Waals surface area contributed by atoms with E-state index in [2.05, 4.69) is 13.0 Å². The Kier molecular flexibility index (Phi) is 8.93. The first-order chi connectivity index (χ1) is 14.3. The number of carbonyl (C=O) groups excluding carboxylic acids is 2. The second-order valence-corrected chi connectivity index (χ2v) is 7.57. The van der Waals surface area contributed by atoms with Crippen molar-refractivity contribution in [1.29, 1.82) is 0 Å². The Morgan fingerprint density at radius 3 is 2.43 bits per heavy atom. The molecule has 0 unspecified atom stereocenters. The highest BCUT2D eigenvalue weighted by Crippen LogP contribution is 2.35. The van der Waals surface area contributed by atoms with Crippen LogP contribution in [0.4, 0.5) is 13.2 Å². The van der Waals surface area contributed by atoms with E-state index in [0.717, 1.165) is 24.0 Å². The van der Waals surface area contributed by atoms with Gasteiger partial charge >= 0.3 is 18.1 Å². The standard InChI is InChI=1S/C23H30F3NO3/c1-3-5-6-7-8-9-10-17-11-13-18(14-12-17)19-15-20(21(28)30-4-2)27(16-19)22(29)23(24,25)26/h9-14,19-20H,3-8,15-16H2,1-2H3/b10-9+/t19-,20+/m1/s1. The first-order valence-electron chi connectivity index (χ1n) is 10.6. The van der Waals surface area contributed by atoms with Crippen LogP contribution in [0.15, 0.2) is 30.3 Å². The van der Waals surface area contributed by atoms with Crippen molar-refractivity contribution in [3.63, 3.8) is 0 Å². The van der Waals surface area contributed by atoms with Gasteiger partial charge in [0.25, 0.3) is 0 Å². The summed E-state index contributed by atoms with van der Waals surface area (Å²) in [4.78, 5) is 24.6. The zero-order valence-corrected chi connectivity index (χ0v) is 17.6. The van der Waals surface area contributed by atoms with E-state index in [-0.39, 0.29) is 25.5 Å². The number of unbranched alkanes of at least 4 members (excludes halogenated alkanes) is 4. The van der Waals surface area contributed by atoms with Gasteiger partial charge in [-0.2, -0.15) is 13.2 Å². The number of nitrogens with zero attached hydrogens (tertiary/aromatic N) is 1. The fraction of sp³-hybridized carbons (Fsp3) is 0.565. The lowest BCUT2D eigenvalue weighted by atomic mass is 9.95. The van der Waals surface area contributed by atoms with Gasteiger partial charge in [-0.1, -0.05) is 62.6 Å². The van der Waals surface area contributed by atoms with E-state index in [1.165, 1.54) is 19.3 Å². The SMILES string of the molecule is CCCCCC/C=C/c1ccc([C@@H]2C[C@@H](C(=O)OCC)N(C(=O)C(F)(F)F)C2)cc1. The van der Waals surface area contributed by atoms with Crippen molar-refractivity contribution in [3.8, 4) is 0 Å². The molecule has 0 radical (unpaired) electrons. The van der Waals surface area contributed by atoms with E-state index in [9.17, 15) is 22.8 Å². The predicted molar refractivity (Wildman–Crippen MR) is 110 cm³/mol. The molecule has 0 bridgehead atoms. The van der Waals surface area contributed by atoms with E-state index >= 15 is 0 Å². The fourth-order valence-corrected chi connectivity index (χ4v) is 3.71. The van der Waals surface area contributed by atoms with E-state index in [0.29, 0.717) is 4.90 Å². The zero-order valence-electron chi connectivity index (χ0n) is 17.6. The summed E-state index contributed by atoms with van der Waals surface area (Å²) in [6.07, 6.45) is 5.09. The summed E-state index contributed by atoms with van der Waals surface area (Å²) in [6.45, 7) is 3.65. The van der Waals surface area contributed by atoms with Gasteiger partial charge in [0.05, 0.1) is 6.61 Å². The number of benzene rings is 1. The number of hydrogen-bond acceptors (Lipinski definition) is 3. The monoisotopic (exact) mass is 425 g/mol. The number of halogens is 3. The van der Waals surface area contributed by atoms with Crippen LogP contribution >= 0.6 is 0 Å². The summed E-state index contributed by atoms with van der Waals surface area (Å²) in [5.74, 6) is -3.14. The molecule has 166 valence electrons. The smallest absolute Gasteiger partial charge is 0.464 e. The number of rotatable bonds is 9. The topological polar surface area (TPSA) is 46.6 Å². The van der Waals surface area contributed by atoms with Gasteiger partial charge in [-0.15, -0.1) is 0 Å². The van der Waals surface area contributed by atoms with Crippen molar-refractivity contribution < 1.29 is 27.5 Å². The minimum atomic E-state index is -5.02. The van der Waals surface area contributed by atoms with Gasteiger partial charge in [-0.25, -0.2) is 4.79 Å². The molecular formula is C23H30F3NO3. The van der Waals surface area contributed by atoms with Crippen molar-refractivity contribution in [1.82, 2.24) is 4.90 Å². The normalized spacial score (nSPS) is 19.4. The van der Waals surface area contributed by atoms with Crippen molar-refractivity contribution in [2.45, 2.75) is 70.5 Å². The Morgan fingerprint density at radius 1 is 1.13 bits per heavy atom. The number of allylic oxidation sites excluding steroid dienone is 1. The van der Waals surface area contributed by atoms with E-state index in [1.54, 1.807) is 6.92 Å². The Bertz CT molecular complexity index is 728. The molecule has 1 aliphatic heterocycles. The Hall–Kier alpha value is -2.31. The maximum absolute atomic E-state index is 13.0. The summed E-state index contributed by atoms with van der Waals surface area (Å²) < 4.78 is 43.8. The third kappa shape index (κ3) is 6.61. The number of alkyl halides is 3. The average molecular weight is 425 g/mol. The second-order valence-electron chi connectivity index (χ2n) is 7.57. The van der Waals surface area contributed by atoms with Gasteiger partial charge in [0, 0.05) is 12.5 Å². The summed E-state index contributed by atoms with van der Waals surface area (Å²) >= 11 is 0. The van der Waals surface area contributed by atoms with Crippen LogP contribution in [0.3, 0.4) is 0 Å². The molecule has 30 heavy (non-hydrogen) atoms. The van der Waals surface area contributed by atoms with Crippen LogP contribution in [0.2, 0.25) is 0 Å². The molecule has 7 heteroatoms. The molecule has 0 N–H and O–H groups in total. The highest BCUT2D eigenvalue weighted by Gasteiger charge is 2.50. The maximum Gasteiger partial charge on any atom is 0.471 e. The number of carbonyl (C=O) groups is 2. The highest BCUT2D eigenvalue weighted by molar-refractivity contribution is 5.88. The third-order valence-electron chi connectivity index (χ3n) is 5.31. The van der Waals surface area contributed by atoms with Crippen LogP contribution < -0.4 is 0 Å². The molecule has 1 saturated heterocycles. The van der Waals surface area contributed by atoms with Gasteiger partial charge < -0.3 is 9.64 Å². The Labute approximate surface area is 176 Å². The third-order valence-corrected chi connectivity index (χ3v) is 5.31. The molecule has 1 fully saturated rings. The predicted octanol–water partition coefficient (Wildman–Crippen LogP) is 5.48. The molecule has 1 heterocycles. The molecule has 0 aliphatic carbocycles. The zero-order chi connectivity index (χ0) is 22.1. The maximum atomic E-state index is 13.0. The molecule has 0 saturated carbocycles. The van der Waals surface area contributed by atoms with Crippen LogP contribution in [0.5, 0.6) is 0 Å². The van der Waals surface area contributed by atoms with Crippen molar-refractivity contribution in [2.75, 3.05) is 13.2 Å². The number of esters is 1. The first kappa shape index (κ1) is 24.0. The fourth-order valence-electron chi connectivity index (χ4n) is 3.71. The Balaban J connectivity index is 2.05. The average Bonchev–Trinajstić information content (AvgIpc) is 3.15. The lowest BCUT2D eigenvalue weighted by Gasteiger charge is -2.23. The minimum absolute atomic E-state index is 0.0491. The van der Waals surface area contributed by atoms with Gasteiger partial charge in [0.1, 0.15) is 6.04 Å². The molecule has 0 spiro atoms. The number of likely N-dealkylation sites (tertiary alicyclic amines) is 1. The van der Waals surface area contributed by atoms with Gasteiger partial charge in [0.15, 0.2) is 0 Å². The quantitative estimate of drug-likeness (QED) is 0.389. The van der Waals surface area contributed by atoms with Crippen LogP contribution in [0, 0.1) is 0 Å². The largest absolute Gasteiger partial charge is 0.471 e. The molecule has 1 aromatic carbocycles. The lowest BCUT2D eigenvalue weighted by Crippen LogP contribution is -2.47. The van der Waals surface area contributed by atoms with Crippen LogP contribution in [0.1, 0.15) is 69.4 Å². The van der Waals surface area contributed by atoms with Gasteiger partial charge in [0.2, 0.25) is 0 Å². The van der Waals surface area contributed by atoms with Gasteiger partial charge in [-0.3, -0.25) is 4.79 Å². The molecule has 1 aromatic rings. The molecule has 2 atom stereocenters. The second kappa shape index (κ2) is 11.2. The lowest BCUT2D eigenvalue weighted by molar-refractivity contribution is -0.188. The van der Waals surface area contributed by atoms with E-state index in [4.69, 9.17) is 4.74 Å². The summed E-state index contributed by atoms with van der Waals surface area (Å²) in [7, 11) is 0. The van der Waals surface area contributed by atoms with Crippen molar-refractivity contribution in [2.24, 2.45) is 0 Å². The number of amides is 1. The van der Waals surface area contributed by atoms with E-state index in [1.807, 2.05) is 30.3 Å². The number of ether oxygens (including phenoxy) is 1.